The first-order valence-corrected chi connectivity index (χ1v) is 7.68. The molecule has 0 aliphatic carbocycles. The zero-order chi connectivity index (χ0) is 16.9. The van der Waals surface area contributed by atoms with Crippen LogP contribution in [0, 0.1) is 11.3 Å². The molecule has 3 rings (SSSR count). The topological polar surface area (TPSA) is 71.8 Å². The molecule has 1 fully saturated rings. The fourth-order valence-corrected chi connectivity index (χ4v) is 2.63. The van der Waals surface area contributed by atoms with Crippen LogP contribution >= 0.6 is 0 Å². The summed E-state index contributed by atoms with van der Waals surface area (Å²) in [4.78, 5) is 13.9. The number of nitriles is 1. The minimum Gasteiger partial charge on any atom is -0.493 e. The van der Waals surface area contributed by atoms with E-state index in [2.05, 4.69) is 0 Å². The number of ether oxygens (including phenoxy) is 3. The van der Waals surface area contributed by atoms with Gasteiger partial charge in [-0.05, 0) is 35.0 Å². The summed E-state index contributed by atoms with van der Waals surface area (Å²) >= 11 is 0. The zero-order valence-electron chi connectivity index (χ0n) is 13.4. The van der Waals surface area contributed by atoms with Crippen LogP contribution in [0.4, 0.5) is 5.69 Å². The highest BCUT2D eigenvalue weighted by atomic mass is 16.6. The van der Waals surface area contributed by atoms with E-state index in [-0.39, 0.29) is 19.2 Å². The average Bonchev–Trinajstić information content (AvgIpc) is 2.96. The lowest BCUT2D eigenvalue weighted by molar-refractivity contribution is -0.124. The van der Waals surface area contributed by atoms with Crippen LogP contribution in [-0.2, 0) is 14.3 Å². The molecule has 2 aromatic carbocycles. The van der Waals surface area contributed by atoms with E-state index in [0.717, 1.165) is 22.2 Å². The number of nitrogens with zero attached hydrogens (tertiary/aromatic N) is 2. The van der Waals surface area contributed by atoms with Crippen molar-refractivity contribution in [2.75, 3.05) is 32.0 Å². The second-order valence-electron chi connectivity index (χ2n) is 5.46. The summed E-state index contributed by atoms with van der Waals surface area (Å²) in [5.41, 5.74) is 0.796. The monoisotopic (exact) mass is 326 g/mol. The van der Waals surface area contributed by atoms with Crippen LogP contribution in [0.1, 0.15) is 6.42 Å². The lowest BCUT2D eigenvalue weighted by Gasteiger charge is -2.15. The molecule has 0 bridgehead atoms. The van der Waals surface area contributed by atoms with Crippen molar-refractivity contribution in [3.05, 3.63) is 36.4 Å². The van der Waals surface area contributed by atoms with Crippen LogP contribution in [0.15, 0.2) is 36.4 Å². The molecule has 124 valence electrons. The predicted molar refractivity (Wildman–Crippen MR) is 88.8 cm³/mol. The molecule has 0 N–H and O–H groups in total. The summed E-state index contributed by atoms with van der Waals surface area (Å²) in [6.45, 7) is 0.862. The molecule has 2 aromatic rings. The van der Waals surface area contributed by atoms with Gasteiger partial charge in [-0.25, -0.2) is 0 Å². The first kappa shape index (κ1) is 16.2. The SMILES string of the molecule is COCC1OCN(c2ccc3cc(OCCC#N)ccc3c2)C1=O. The number of anilines is 1. The minimum absolute atomic E-state index is 0.0901. The molecule has 6 nitrogen and oxygen atoms in total. The van der Waals surface area contributed by atoms with Gasteiger partial charge >= 0.3 is 0 Å². The van der Waals surface area contributed by atoms with Gasteiger partial charge in [-0.15, -0.1) is 0 Å². The Kier molecular flexibility index (Phi) is 4.94. The molecule has 1 aliphatic rings. The van der Waals surface area contributed by atoms with Crippen molar-refractivity contribution in [3.63, 3.8) is 0 Å². The number of benzene rings is 2. The normalized spacial score (nSPS) is 17.2. The molecule has 0 radical (unpaired) electrons. The zero-order valence-corrected chi connectivity index (χ0v) is 13.4. The molecule has 1 aliphatic heterocycles. The maximum Gasteiger partial charge on any atom is 0.260 e. The predicted octanol–water partition coefficient (Wildman–Crippen LogP) is 2.47. The second kappa shape index (κ2) is 7.30. The van der Waals surface area contributed by atoms with Gasteiger partial charge in [0.1, 0.15) is 19.1 Å². The smallest absolute Gasteiger partial charge is 0.260 e. The Morgan fingerprint density at radius 3 is 2.88 bits per heavy atom. The van der Waals surface area contributed by atoms with Gasteiger partial charge in [0, 0.05) is 12.8 Å². The highest BCUT2D eigenvalue weighted by Gasteiger charge is 2.33. The number of carbonyl (C=O) groups excluding carboxylic acids is 1. The van der Waals surface area contributed by atoms with Gasteiger partial charge in [0.2, 0.25) is 0 Å². The van der Waals surface area contributed by atoms with E-state index in [1.165, 1.54) is 0 Å². The van der Waals surface area contributed by atoms with E-state index in [1.54, 1.807) is 12.0 Å². The van der Waals surface area contributed by atoms with Gasteiger partial charge in [0.25, 0.3) is 5.91 Å². The molecule has 0 spiro atoms. The fraction of sp³-hybridized carbons (Fsp3) is 0.333. The van der Waals surface area contributed by atoms with Crippen LogP contribution in [0.2, 0.25) is 0 Å². The summed E-state index contributed by atoms with van der Waals surface area (Å²) in [6, 6.07) is 13.5. The molecule has 1 unspecified atom stereocenters. The molecule has 1 saturated heterocycles. The Hall–Kier alpha value is -2.62. The van der Waals surface area contributed by atoms with Crippen molar-refractivity contribution in [2.45, 2.75) is 12.5 Å². The Morgan fingerprint density at radius 1 is 1.29 bits per heavy atom. The highest BCUT2D eigenvalue weighted by Crippen LogP contribution is 2.28. The second-order valence-corrected chi connectivity index (χ2v) is 5.46. The summed E-state index contributed by atoms with van der Waals surface area (Å²) in [5, 5.41) is 10.6. The van der Waals surface area contributed by atoms with E-state index in [1.807, 2.05) is 42.5 Å². The molecular formula is C18H18N2O4. The lowest BCUT2D eigenvalue weighted by atomic mass is 10.1. The average molecular weight is 326 g/mol. The van der Waals surface area contributed by atoms with Gasteiger partial charge < -0.3 is 14.2 Å². The van der Waals surface area contributed by atoms with E-state index in [0.29, 0.717) is 13.0 Å². The van der Waals surface area contributed by atoms with Gasteiger partial charge in [0.15, 0.2) is 6.10 Å². The van der Waals surface area contributed by atoms with Crippen LogP contribution in [-0.4, -0.2) is 39.1 Å². The van der Waals surface area contributed by atoms with Crippen molar-refractivity contribution in [3.8, 4) is 11.8 Å². The maximum atomic E-state index is 12.3. The third-order valence-electron chi connectivity index (χ3n) is 3.85. The standard InChI is InChI=1S/C18H18N2O4/c1-22-11-17-18(21)20(12-24-17)15-5-3-14-10-16(23-8-2-7-19)6-4-13(14)9-15/h3-6,9-10,17H,2,8,11-12H2,1H3. The number of rotatable bonds is 6. The van der Waals surface area contributed by atoms with E-state index in [9.17, 15) is 4.79 Å². The Bertz CT molecular complexity index is 784. The van der Waals surface area contributed by atoms with E-state index in [4.69, 9.17) is 19.5 Å². The van der Waals surface area contributed by atoms with Crippen molar-refractivity contribution in [2.24, 2.45) is 0 Å². The summed E-state index contributed by atoms with van der Waals surface area (Å²) in [5.74, 6) is 0.638. The number of fused-ring (bicyclic) bond motifs is 1. The van der Waals surface area contributed by atoms with Crippen LogP contribution in [0.25, 0.3) is 10.8 Å². The largest absolute Gasteiger partial charge is 0.493 e. The van der Waals surface area contributed by atoms with Crippen LogP contribution in [0.3, 0.4) is 0 Å². The van der Waals surface area contributed by atoms with Crippen LogP contribution < -0.4 is 9.64 Å². The summed E-state index contributed by atoms with van der Waals surface area (Å²) in [7, 11) is 1.55. The number of amides is 1. The number of methoxy groups -OCH3 is 1. The Balaban J connectivity index is 1.78. The molecule has 1 atom stereocenters. The number of hydrogen-bond acceptors (Lipinski definition) is 5. The summed E-state index contributed by atoms with van der Waals surface area (Å²) in [6.07, 6.45) is -0.182. The third-order valence-corrected chi connectivity index (χ3v) is 3.85. The van der Waals surface area contributed by atoms with E-state index >= 15 is 0 Å². The summed E-state index contributed by atoms with van der Waals surface area (Å²) < 4.78 is 16.0. The van der Waals surface area contributed by atoms with Gasteiger partial charge in [-0.3, -0.25) is 9.69 Å². The van der Waals surface area contributed by atoms with E-state index < -0.39 is 6.10 Å². The quantitative estimate of drug-likeness (QED) is 0.763. The van der Waals surface area contributed by atoms with Crippen molar-refractivity contribution < 1.29 is 19.0 Å². The molecular weight excluding hydrogens is 308 g/mol. The first-order valence-electron chi connectivity index (χ1n) is 7.68. The van der Waals surface area contributed by atoms with Crippen molar-refractivity contribution in [1.82, 2.24) is 0 Å². The third kappa shape index (κ3) is 3.32. The highest BCUT2D eigenvalue weighted by molar-refractivity contribution is 6.00. The van der Waals surface area contributed by atoms with Gasteiger partial charge in [0.05, 0.1) is 19.1 Å². The fourth-order valence-electron chi connectivity index (χ4n) is 2.63. The number of hydrogen-bond donors (Lipinski definition) is 0. The molecule has 6 heteroatoms. The van der Waals surface area contributed by atoms with Crippen LogP contribution in [0.5, 0.6) is 5.75 Å². The lowest BCUT2D eigenvalue weighted by Crippen LogP contribution is -2.31. The molecule has 0 aromatic heterocycles. The molecule has 0 saturated carbocycles. The molecule has 1 amide bonds. The Morgan fingerprint density at radius 2 is 2.08 bits per heavy atom. The maximum absolute atomic E-state index is 12.3. The van der Waals surface area contributed by atoms with Crippen molar-refractivity contribution in [1.29, 1.82) is 5.26 Å². The molecule has 1 heterocycles. The van der Waals surface area contributed by atoms with Gasteiger partial charge in [-0.2, -0.15) is 5.26 Å². The molecule has 24 heavy (non-hydrogen) atoms. The number of carbonyl (C=O) groups is 1. The Labute approximate surface area is 140 Å². The first-order chi connectivity index (χ1) is 11.7. The minimum atomic E-state index is -0.540. The van der Waals surface area contributed by atoms with Gasteiger partial charge in [-0.1, -0.05) is 12.1 Å². The van der Waals surface area contributed by atoms with Crippen molar-refractivity contribution >= 4 is 22.4 Å².